The number of amides is 1. The number of aromatic hydroxyl groups is 1. The molecule has 0 unspecified atom stereocenters. The van der Waals surface area contributed by atoms with E-state index in [0.29, 0.717) is 12.2 Å². The van der Waals surface area contributed by atoms with Gasteiger partial charge >= 0.3 is 0 Å². The summed E-state index contributed by atoms with van der Waals surface area (Å²) in [6.45, 7) is 2.11. The van der Waals surface area contributed by atoms with Crippen LogP contribution in [0.2, 0.25) is 0 Å². The second-order valence-electron chi connectivity index (χ2n) is 5.29. The summed E-state index contributed by atoms with van der Waals surface area (Å²) in [5, 5.41) is 18.5. The molecular formula is C18H17N3O2S. The summed E-state index contributed by atoms with van der Waals surface area (Å²) in [6, 6.07) is 15.2. The van der Waals surface area contributed by atoms with Gasteiger partial charge in [0.1, 0.15) is 5.75 Å². The van der Waals surface area contributed by atoms with Crippen LogP contribution in [0.15, 0.2) is 53.9 Å². The highest BCUT2D eigenvalue weighted by atomic mass is 32.1. The Hall–Kier alpha value is -2.86. The lowest BCUT2D eigenvalue weighted by Gasteiger charge is -2.07. The third kappa shape index (κ3) is 3.91. The molecule has 5 nitrogen and oxygen atoms in total. The van der Waals surface area contributed by atoms with Gasteiger partial charge in [-0.1, -0.05) is 30.3 Å². The van der Waals surface area contributed by atoms with Gasteiger partial charge in [0.25, 0.3) is 0 Å². The van der Waals surface area contributed by atoms with Gasteiger partial charge in [0.05, 0.1) is 11.4 Å². The minimum atomic E-state index is -0.231. The van der Waals surface area contributed by atoms with Gasteiger partial charge in [-0.05, 0) is 23.8 Å². The van der Waals surface area contributed by atoms with Gasteiger partial charge in [-0.15, -0.1) is 11.3 Å². The Kier molecular flexibility index (Phi) is 4.77. The van der Waals surface area contributed by atoms with Crippen molar-refractivity contribution in [3.8, 4) is 17.0 Å². The summed E-state index contributed by atoms with van der Waals surface area (Å²) < 4.78 is 0. The Morgan fingerprint density at radius 3 is 2.75 bits per heavy atom. The second kappa shape index (κ2) is 7.14. The molecule has 1 amide bonds. The third-order valence-corrected chi connectivity index (χ3v) is 4.19. The molecule has 122 valence electrons. The highest BCUT2D eigenvalue weighted by Crippen LogP contribution is 2.31. The molecule has 24 heavy (non-hydrogen) atoms. The molecule has 3 N–H and O–H groups in total. The largest absolute Gasteiger partial charge is 0.506 e. The summed E-state index contributed by atoms with van der Waals surface area (Å²) in [5.74, 6) is -0.197. The Labute approximate surface area is 144 Å². The second-order valence-corrected chi connectivity index (χ2v) is 6.15. The van der Waals surface area contributed by atoms with Gasteiger partial charge in [-0.2, -0.15) is 0 Å². The van der Waals surface area contributed by atoms with Gasteiger partial charge in [0.2, 0.25) is 5.91 Å². The van der Waals surface area contributed by atoms with Crippen molar-refractivity contribution in [2.24, 2.45) is 0 Å². The highest BCUT2D eigenvalue weighted by Gasteiger charge is 2.09. The number of hydrogen-bond donors (Lipinski definition) is 3. The molecule has 1 heterocycles. The van der Waals surface area contributed by atoms with Crippen molar-refractivity contribution in [3.05, 3.63) is 59.5 Å². The Morgan fingerprint density at radius 2 is 2.00 bits per heavy atom. The van der Waals surface area contributed by atoms with Crippen LogP contribution in [0.5, 0.6) is 5.75 Å². The van der Waals surface area contributed by atoms with E-state index in [0.717, 1.165) is 16.4 Å². The number of aromatic nitrogens is 1. The van der Waals surface area contributed by atoms with E-state index in [9.17, 15) is 9.90 Å². The summed E-state index contributed by atoms with van der Waals surface area (Å²) in [6.07, 6.45) is 0. The molecule has 0 spiro atoms. The zero-order valence-electron chi connectivity index (χ0n) is 13.1. The third-order valence-electron chi connectivity index (χ3n) is 3.39. The first-order valence-electron chi connectivity index (χ1n) is 7.46. The number of phenolic OH excluding ortho intramolecular Hbond substituents is 1. The maximum Gasteiger partial charge on any atom is 0.221 e. The molecule has 1 aromatic heterocycles. The minimum Gasteiger partial charge on any atom is -0.506 e. The van der Waals surface area contributed by atoms with Crippen LogP contribution in [-0.4, -0.2) is 16.0 Å². The van der Waals surface area contributed by atoms with Gasteiger partial charge < -0.3 is 15.7 Å². The normalized spacial score (nSPS) is 10.4. The van der Waals surface area contributed by atoms with Crippen molar-refractivity contribution < 1.29 is 9.90 Å². The molecule has 0 radical (unpaired) electrons. The molecule has 0 aliphatic rings. The molecule has 0 saturated heterocycles. The van der Waals surface area contributed by atoms with Crippen molar-refractivity contribution in [1.82, 2.24) is 4.98 Å². The number of carbonyl (C=O) groups excluding carboxylic acids is 1. The number of hydrogen-bond acceptors (Lipinski definition) is 5. The predicted molar refractivity (Wildman–Crippen MR) is 97.3 cm³/mol. The molecule has 0 bridgehead atoms. The monoisotopic (exact) mass is 339 g/mol. The van der Waals surface area contributed by atoms with Gasteiger partial charge in [-0.25, -0.2) is 4.98 Å². The highest BCUT2D eigenvalue weighted by molar-refractivity contribution is 7.14. The molecule has 6 heteroatoms. The SMILES string of the molecule is CC(=O)Nc1cc(-c2csc(NCc3ccccc3)n2)ccc1O. The van der Waals surface area contributed by atoms with E-state index in [4.69, 9.17) is 0 Å². The molecule has 0 atom stereocenters. The summed E-state index contributed by atoms with van der Waals surface area (Å²) >= 11 is 1.52. The average molecular weight is 339 g/mol. The van der Waals surface area contributed by atoms with Gasteiger partial charge in [0.15, 0.2) is 5.13 Å². The average Bonchev–Trinajstić information content (AvgIpc) is 3.04. The number of nitrogens with zero attached hydrogens (tertiary/aromatic N) is 1. The number of benzene rings is 2. The number of phenols is 1. The Bertz CT molecular complexity index is 846. The van der Waals surface area contributed by atoms with Crippen molar-refractivity contribution in [2.45, 2.75) is 13.5 Å². The molecule has 2 aromatic carbocycles. The van der Waals surface area contributed by atoms with Gasteiger partial charge in [0, 0.05) is 24.4 Å². The molecule has 0 aliphatic heterocycles. The molecule has 3 aromatic rings. The van der Waals surface area contributed by atoms with E-state index in [-0.39, 0.29) is 11.7 Å². The number of thiazole rings is 1. The zero-order valence-corrected chi connectivity index (χ0v) is 13.9. The van der Waals surface area contributed by atoms with Crippen LogP contribution in [0.1, 0.15) is 12.5 Å². The van der Waals surface area contributed by atoms with Crippen molar-refractivity contribution in [3.63, 3.8) is 0 Å². The fraction of sp³-hybridized carbons (Fsp3) is 0.111. The van der Waals surface area contributed by atoms with Crippen LogP contribution in [-0.2, 0) is 11.3 Å². The van der Waals surface area contributed by atoms with E-state index in [2.05, 4.69) is 27.8 Å². The van der Waals surface area contributed by atoms with E-state index in [1.54, 1.807) is 18.2 Å². The fourth-order valence-corrected chi connectivity index (χ4v) is 2.96. The van der Waals surface area contributed by atoms with Crippen LogP contribution in [0.25, 0.3) is 11.3 Å². The topological polar surface area (TPSA) is 74.2 Å². The van der Waals surface area contributed by atoms with Crippen molar-refractivity contribution in [2.75, 3.05) is 10.6 Å². The quantitative estimate of drug-likeness (QED) is 0.612. The maximum absolute atomic E-state index is 11.2. The zero-order chi connectivity index (χ0) is 16.9. The summed E-state index contributed by atoms with van der Waals surface area (Å²) in [7, 11) is 0. The number of rotatable bonds is 5. The summed E-state index contributed by atoms with van der Waals surface area (Å²) in [4.78, 5) is 15.7. The first-order valence-corrected chi connectivity index (χ1v) is 8.34. The first-order chi connectivity index (χ1) is 11.6. The van der Waals surface area contributed by atoms with Crippen molar-refractivity contribution in [1.29, 1.82) is 0 Å². The lowest BCUT2D eigenvalue weighted by atomic mass is 10.1. The van der Waals surface area contributed by atoms with Gasteiger partial charge in [-0.3, -0.25) is 4.79 Å². The Morgan fingerprint density at radius 1 is 1.21 bits per heavy atom. The number of nitrogens with one attached hydrogen (secondary N) is 2. The van der Waals surface area contributed by atoms with E-state index >= 15 is 0 Å². The van der Waals surface area contributed by atoms with Crippen LogP contribution < -0.4 is 10.6 Å². The van der Waals surface area contributed by atoms with Crippen molar-refractivity contribution >= 4 is 28.1 Å². The van der Waals surface area contributed by atoms with Crippen LogP contribution >= 0.6 is 11.3 Å². The lowest BCUT2D eigenvalue weighted by Crippen LogP contribution is -2.05. The minimum absolute atomic E-state index is 0.0339. The van der Waals surface area contributed by atoms with Crippen LogP contribution in [0.4, 0.5) is 10.8 Å². The van der Waals surface area contributed by atoms with Crippen LogP contribution in [0.3, 0.4) is 0 Å². The first kappa shape index (κ1) is 16.0. The summed E-state index contributed by atoms with van der Waals surface area (Å²) in [5.41, 5.74) is 3.20. The Balaban J connectivity index is 1.74. The molecule has 0 fully saturated rings. The number of carbonyl (C=O) groups is 1. The van der Waals surface area contributed by atoms with Crippen LogP contribution in [0, 0.1) is 0 Å². The molecule has 3 rings (SSSR count). The molecular weight excluding hydrogens is 322 g/mol. The van der Waals surface area contributed by atoms with E-state index in [1.807, 2.05) is 23.6 Å². The standard InChI is InChI=1S/C18H17N3O2S/c1-12(22)20-15-9-14(7-8-17(15)23)16-11-24-18(21-16)19-10-13-5-3-2-4-6-13/h2-9,11,23H,10H2,1H3,(H,19,21)(H,20,22). The molecule has 0 aliphatic carbocycles. The predicted octanol–water partition coefficient (Wildman–Crippen LogP) is 4.09. The lowest BCUT2D eigenvalue weighted by molar-refractivity contribution is -0.114. The maximum atomic E-state index is 11.2. The fourth-order valence-electron chi connectivity index (χ4n) is 2.25. The van der Waals surface area contributed by atoms with E-state index in [1.165, 1.54) is 23.8 Å². The van der Waals surface area contributed by atoms with E-state index < -0.39 is 0 Å². The molecule has 0 saturated carbocycles. The smallest absolute Gasteiger partial charge is 0.221 e. The number of anilines is 2.